The number of carbonyl (C=O) groups excluding carboxylic acids is 2. The van der Waals surface area contributed by atoms with Crippen molar-refractivity contribution in [2.75, 3.05) is 0 Å². The molecule has 2 aliphatic heterocycles. The van der Waals surface area contributed by atoms with E-state index in [2.05, 4.69) is 13.8 Å². The van der Waals surface area contributed by atoms with Gasteiger partial charge in [0.15, 0.2) is 0 Å². The number of ether oxygens (including phenoxy) is 1. The predicted octanol–water partition coefficient (Wildman–Crippen LogP) is 4.57. The van der Waals surface area contributed by atoms with Crippen LogP contribution in [0.1, 0.15) is 57.9 Å². The number of amides is 1. The lowest BCUT2D eigenvalue weighted by atomic mass is 9.85. The summed E-state index contributed by atoms with van der Waals surface area (Å²) in [6.45, 7) is 4.62. The molecule has 136 valence electrons. The van der Waals surface area contributed by atoms with Gasteiger partial charge in [0.05, 0.1) is 0 Å². The minimum atomic E-state index is -0.218. The number of hydrogen-bond acceptors (Lipinski definition) is 3. The van der Waals surface area contributed by atoms with Crippen LogP contribution in [0.25, 0.3) is 0 Å². The van der Waals surface area contributed by atoms with Crippen molar-refractivity contribution in [3.05, 3.63) is 35.9 Å². The van der Waals surface area contributed by atoms with E-state index >= 15 is 0 Å². The summed E-state index contributed by atoms with van der Waals surface area (Å²) >= 11 is 0. The minimum absolute atomic E-state index is 0.134. The number of Topliss-reactive ketones (excluding diaryl/α,β-unsaturated/α-hetero) is 1. The van der Waals surface area contributed by atoms with Gasteiger partial charge in [-0.3, -0.25) is 4.79 Å². The molecule has 1 aromatic rings. The van der Waals surface area contributed by atoms with Gasteiger partial charge in [0.25, 0.3) is 0 Å². The van der Waals surface area contributed by atoms with Gasteiger partial charge in [-0.2, -0.15) is 0 Å². The van der Waals surface area contributed by atoms with Gasteiger partial charge in [-0.1, -0.05) is 44.2 Å². The zero-order valence-electron chi connectivity index (χ0n) is 15.3. The van der Waals surface area contributed by atoms with Gasteiger partial charge in [-0.15, -0.1) is 0 Å². The summed E-state index contributed by atoms with van der Waals surface area (Å²) in [6.07, 6.45) is 5.05. The first-order chi connectivity index (χ1) is 12.0. The quantitative estimate of drug-likeness (QED) is 0.760. The van der Waals surface area contributed by atoms with Crippen LogP contribution in [0, 0.1) is 11.8 Å². The molecule has 1 aromatic carbocycles. The van der Waals surface area contributed by atoms with Gasteiger partial charge in [-0.25, -0.2) is 4.79 Å². The maximum atomic E-state index is 12.5. The second kappa shape index (κ2) is 8.03. The van der Waals surface area contributed by atoms with Crippen LogP contribution in [0.3, 0.4) is 0 Å². The molecule has 0 saturated carbocycles. The average molecular weight is 343 g/mol. The van der Waals surface area contributed by atoms with Crippen LogP contribution >= 0.6 is 0 Å². The van der Waals surface area contributed by atoms with Gasteiger partial charge in [0, 0.05) is 24.4 Å². The molecule has 3 rings (SSSR count). The highest BCUT2D eigenvalue weighted by atomic mass is 16.6. The Labute approximate surface area is 150 Å². The first kappa shape index (κ1) is 18.0. The number of rotatable bonds is 6. The smallest absolute Gasteiger partial charge is 0.410 e. The van der Waals surface area contributed by atoms with E-state index in [1.807, 2.05) is 35.2 Å². The summed E-state index contributed by atoms with van der Waals surface area (Å²) in [6, 6.07) is 10.1. The van der Waals surface area contributed by atoms with Crippen molar-refractivity contribution in [2.24, 2.45) is 11.8 Å². The number of piperidine rings is 1. The number of fused-ring (bicyclic) bond motifs is 2. The zero-order chi connectivity index (χ0) is 17.8. The summed E-state index contributed by atoms with van der Waals surface area (Å²) in [4.78, 5) is 26.9. The summed E-state index contributed by atoms with van der Waals surface area (Å²) in [7, 11) is 0. The second-order valence-corrected chi connectivity index (χ2v) is 7.90. The maximum absolute atomic E-state index is 12.5. The Morgan fingerprint density at radius 1 is 1.12 bits per heavy atom. The van der Waals surface area contributed by atoms with Crippen LogP contribution in [0.5, 0.6) is 0 Å². The van der Waals surface area contributed by atoms with E-state index in [-0.39, 0.29) is 24.1 Å². The van der Waals surface area contributed by atoms with Crippen LogP contribution < -0.4 is 0 Å². The summed E-state index contributed by atoms with van der Waals surface area (Å²) in [5, 5.41) is 0. The van der Waals surface area contributed by atoms with Crippen molar-refractivity contribution in [3.63, 3.8) is 0 Å². The second-order valence-electron chi connectivity index (χ2n) is 7.90. The standard InChI is InChI=1S/C21H29NO3/c1-15(2)8-11-20(23)17-12-18-9-10-19(13-17)22(18)21(24)25-14-16-6-4-3-5-7-16/h3-7,15,17-19H,8-14H2,1-2H3. The van der Waals surface area contributed by atoms with E-state index in [0.717, 1.165) is 37.7 Å². The molecular formula is C21H29NO3. The highest BCUT2D eigenvalue weighted by Crippen LogP contribution is 2.40. The third-order valence-corrected chi connectivity index (χ3v) is 5.57. The number of benzene rings is 1. The van der Waals surface area contributed by atoms with Crippen LogP contribution in [-0.2, 0) is 16.1 Å². The molecule has 2 bridgehead atoms. The molecule has 0 aliphatic carbocycles. The lowest BCUT2D eigenvalue weighted by molar-refractivity contribution is -0.125. The molecular weight excluding hydrogens is 314 g/mol. The molecule has 4 heteroatoms. The third-order valence-electron chi connectivity index (χ3n) is 5.57. The number of carbonyl (C=O) groups is 2. The molecule has 2 aliphatic rings. The van der Waals surface area contributed by atoms with Crippen LogP contribution in [0.4, 0.5) is 4.79 Å². The van der Waals surface area contributed by atoms with E-state index in [9.17, 15) is 9.59 Å². The molecule has 0 aromatic heterocycles. The molecule has 0 radical (unpaired) electrons. The maximum Gasteiger partial charge on any atom is 0.410 e. The Morgan fingerprint density at radius 3 is 2.36 bits per heavy atom. The zero-order valence-corrected chi connectivity index (χ0v) is 15.3. The minimum Gasteiger partial charge on any atom is -0.445 e. The van der Waals surface area contributed by atoms with Gasteiger partial charge in [0.1, 0.15) is 12.4 Å². The first-order valence-corrected chi connectivity index (χ1v) is 9.56. The molecule has 4 nitrogen and oxygen atoms in total. The Kier molecular flexibility index (Phi) is 5.77. The molecule has 1 amide bonds. The number of ketones is 1. The molecule has 0 N–H and O–H groups in total. The summed E-state index contributed by atoms with van der Waals surface area (Å²) in [5.41, 5.74) is 1.00. The van der Waals surface area contributed by atoms with Crippen molar-refractivity contribution in [1.29, 1.82) is 0 Å². The third kappa shape index (κ3) is 4.42. The predicted molar refractivity (Wildman–Crippen MR) is 97.1 cm³/mol. The van der Waals surface area contributed by atoms with E-state index in [0.29, 0.717) is 24.7 Å². The van der Waals surface area contributed by atoms with Crippen molar-refractivity contribution < 1.29 is 14.3 Å². The van der Waals surface area contributed by atoms with Crippen molar-refractivity contribution in [1.82, 2.24) is 4.90 Å². The molecule has 25 heavy (non-hydrogen) atoms. The van der Waals surface area contributed by atoms with E-state index in [4.69, 9.17) is 4.74 Å². The van der Waals surface area contributed by atoms with E-state index < -0.39 is 0 Å². The van der Waals surface area contributed by atoms with Crippen LogP contribution in [0.2, 0.25) is 0 Å². The number of nitrogens with zero attached hydrogens (tertiary/aromatic N) is 1. The van der Waals surface area contributed by atoms with E-state index in [1.165, 1.54) is 0 Å². The fraction of sp³-hybridized carbons (Fsp3) is 0.619. The highest BCUT2D eigenvalue weighted by molar-refractivity contribution is 5.81. The fourth-order valence-electron chi connectivity index (χ4n) is 4.17. The Balaban J connectivity index is 1.53. The van der Waals surface area contributed by atoms with E-state index in [1.54, 1.807) is 0 Å². The van der Waals surface area contributed by atoms with Gasteiger partial charge in [-0.05, 0) is 43.6 Å². The lowest BCUT2D eigenvalue weighted by Gasteiger charge is -2.37. The van der Waals surface area contributed by atoms with Crippen molar-refractivity contribution in [3.8, 4) is 0 Å². The first-order valence-electron chi connectivity index (χ1n) is 9.56. The van der Waals surface area contributed by atoms with Crippen LogP contribution in [0.15, 0.2) is 30.3 Å². The Bertz CT molecular complexity index is 584. The fourth-order valence-corrected chi connectivity index (χ4v) is 4.17. The molecule has 2 fully saturated rings. The summed E-state index contributed by atoms with van der Waals surface area (Å²) in [5.74, 6) is 1.09. The Hall–Kier alpha value is -1.84. The topological polar surface area (TPSA) is 46.6 Å². The van der Waals surface area contributed by atoms with Gasteiger partial charge >= 0.3 is 6.09 Å². The average Bonchev–Trinajstić information content (AvgIpc) is 2.88. The molecule has 2 heterocycles. The van der Waals surface area contributed by atoms with Gasteiger partial charge < -0.3 is 9.64 Å². The van der Waals surface area contributed by atoms with Crippen molar-refractivity contribution >= 4 is 11.9 Å². The highest BCUT2D eigenvalue weighted by Gasteiger charge is 2.45. The number of hydrogen-bond donors (Lipinski definition) is 0. The monoisotopic (exact) mass is 343 g/mol. The lowest BCUT2D eigenvalue weighted by Crippen LogP contribution is -2.48. The normalized spacial score (nSPS) is 25.2. The van der Waals surface area contributed by atoms with Gasteiger partial charge in [0.2, 0.25) is 0 Å². The molecule has 2 atom stereocenters. The largest absolute Gasteiger partial charge is 0.445 e. The molecule has 2 saturated heterocycles. The SMILES string of the molecule is CC(C)CCC(=O)C1CC2CCC(C1)N2C(=O)OCc1ccccc1. The molecule has 2 unspecified atom stereocenters. The van der Waals surface area contributed by atoms with Crippen molar-refractivity contribution in [2.45, 2.75) is 71.1 Å². The molecule has 0 spiro atoms. The van der Waals surface area contributed by atoms with Crippen LogP contribution in [-0.4, -0.2) is 28.9 Å². The Morgan fingerprint density at radius 2 is 1.76 bits per heavy atom. The summed E-state index contributed by atoms with van der Waals surface area (Å²) < 4.78 is 5.53.